The number of para-hydroxylation sites is 2. The molecule has 38 heavy (non-hydrogen) atoms. The van der Waals surface area contributed by atoms with Crippen LogP contribution < -0.4 is 15.8 Å². The second-order valence-corrected chi connectivity index (χ2v) is 8.97. The van der Waals surface area contributed by atoms with Crippen LogP contribution >= 0.6 is 0 Å². The van der Waals surface area contributed by atoms with Gasteiger partial charge in [0, 0.05) is 49.2 Å². The number of piperazine rings is 1. The van der Waals surface area contributed by atoms with Crippen molar-refractivity contribution >= 4 is 40.4 Å². The third-order valence-electron chi connectivity index (χ3n) is 5.78. The highest BCUT2D eigenvalue weighted by molar-refractivity contribution is 6.04. The smallest absolute Gasteiger partial charge is 0.475 e. The van der Waals surface area contributed by atoms with Gasteiger partial charge in [0.1, 0.15) is 5.65 Å². The van der Waals surface area contributed by atoms with E-state index in [9.17, 15) is 22.8 Å². The molecule has 10 nitrogen and oxygen atoms in total. The Hall–Kier alpha value is -4.13. The molecule has 3 N–H and O–H groups in total. The summed E-state index contributed by atoms with van der Waals surface area (Å²) < 4.78 is 33.5. The molecule has 0 saturated carbocycles. The Morgan fingerprint density at radius 1 is 1.16 bits per heavy atom. The summed E-state index contributed by atoms with van der Waals surface area (Å²) in [7, 11) is 2.11. The van der Waals surface area contributed by atoms with Crippen molar-refractivity contribution in [2.75, 3.05) is 43.4 Å². The number of likely N-dealkylation sites (N-methyl/N-ethyl adjacent to an activating group) is 1. The van der Waals surface area contributed by atoms with Gasteiger partial charge >= 0.3 is 12.1 Å². The fourth-order valence-electron chi connectivity index (χ4n) is 3.78. The zero-order valence-corrected chi connectivity index (χ0v) is 21.1. The lowest BCUT2D eigenvalue weighted by Gasteiger charge is -2.35. The quantitative estimate of drug-likeness (QED) is 0.429. The Kier molecular flexibility index (Phi) is 8.94. The summed E-state index contributed by atoms with van der Waals surface area (Å²) in [6.45, 7) is 7.81. The van der Waals surface area contributed by atoms with E-state index < -0.39 is 12.1 Å². The van der Waals surface area contributed by atoms with Crippen LogP contribution in [0.2, 0.25) is 0 Å². The molecule has 0 radical (unpaired) electrons. The van der Waals surface area contributed by atoms with Gasteiger partial charge in [0.05, 0.1) is 17.6 Å². The van der Waals surface area contributed by atoms with Crippen LogP contribution in [0.15, 0.2) is 47.4 Å². The first kappa shape index (κ1) is 28.4. The molecule has 0 atom stereocenters. The second kappa shape index (κ2) is 11.9. The fourth-order valence-corrected chi connectivity index (χ4v) is 3.78. The Morgan fingerprint density at radius 3 is 2.39 bits per heavy atom. The summed E-state index contributed by atoms with van der Waals surface area (Å²) in [4.78, 5) is 41.4. The number of rotatable bonds is 5. The van der Waals surface area contributed by atoms with E-state index in [1.54, 1.807) is 23.0 Å². The van der Waals surface area contributed by atoms with E-state index in [1.165, 1.54) is 6.08 Å². The molecule has 3 heterocycles. The molecule has 1 saturated heterocycles. The molecular formula is C25H29F3N6O4. The van der Waals surface area contributed by atoms with E-state index >= 15 is 0 Å². The molecule has 1 amide bonds. The number of benzene rings is 1. The predicted molar refractivity (Wildman–Crippen MR) is 138 cm³/mol. The van der Waals surface area contributed by atoms with Gasteiger partial charge in [-0.25, -0.2) is 9.48 Å². The summed E-state index contributed by atoms with van der Waals surface area (Å²) in [5.74, 6) is -3.04. The average molecular weight is 535 g/mol. The van der Waals surface area contributed by atoms with Crippen molar-refractivity contribution in [1.82, 2.24) is 19.7 Å². The van der Waals surface area contributed by atoms with Crippen LogP contribution in [-0.2, 0) is 9.59 Å². The Labute approximate surface area is 216 Å². The first-order chi connectivity index (χ1) is 17.9. The number of carbonyl (C=O) groups is 2. The molecule has 2 aromatic heterocycles. The van der Waals surface area contributed by atoms with Crippen molar-refractivity contribution in [3.05, 3.63) is 58.5 Å². The van der Waals surface area contributed by atoms with Crippen LogP contribution in [0, 0.1) is 0 Å². The predicted octanol–water partition coefficient (Wildman–Crippen LogP) is 3.34. The van der Waals surface area contributed by atoms with Gasteiger partial charge in [-0.05, 0) is 45.2 Å². The minimum atomic E-state index is -5.08. The minimum absolute atomic E-state index is 0.140. The van der Waals surface area contributed by atoms with Gasteiger partial charge in [-0.15, -0.1) is 0 Å². The zero-order valence-electron chi connectivity index (χ0n) is 21.1. The number of carboxylic acid groups (broad SMARTS) is 1. The van der Waals surface area contributed by atoms with E-state index in [1.807, 2.05) is 38.1 Å². The number of carbonyl (C=O) groups excluding carboxylic acids is 1. The maximum absolute atomic E-state index is 12.6. The molecule has 1 aromatic carbocycles. The van der Waals surface area contributed by atoms with Crippen LogP contribution in [0.1, 0.15) is 25.5 Å². The third kappa shape index (κ3) is 7.22. The highest BCUT2D eigenvalue weighted by atomic mass is 19.4. The summed E-state index contributed by atoms with van der Waals surface area (Å²) in [6.07, 6.45) is -0.433. The van der Waals surface area contributed by atoms with Crippen molar-refractivity contribution in [2.24, 2.45) is 0 Å². The first-order valence-corrected chi connectivity index (χ1v) is 11.8. The molecule has 4 rings (SSSR count). The number of H-pyrrole nitrogens is 1. The monoisotopic (exact) mass is 534 g/mol. The second-order valence-electron chi connectivity index (χ2n) is 8.97. The number of carboxylic acids is 1. The number of aliphatic carboxylic acids is 1. The standard InChI is InChI=1S/C23H28N6O2.C2HF3O2/c1-16(2)29-22-18(15-24-29)14-17(23(31)26-22)8-9-21(30)25-19-6-4-5-7-20(19)28-12-10-27(3)11-13-28;3-2(4,5)1(6)7/h4-9,14-16H,10-13H2,1-3H3,(H,25,30)(H,26,31);(H,6,7)/b9-8+;. The largest absolute Gasteiger partial charge is 0.490 e. The highest BCUT2D eigenvalue weighted by Crippen LogP contribution is 2.26. The van der Waals surface area contributed by atoms with Gasteiger partial charge in [0.2, 0.25) is 5.91 Å². The molecule has 1 aliphatic heterocycles. The van der Waals surface area contributed by atoms with Gasteiger partial charge in [0.25, 0.3) is 5.56 Å². The number of hydrogen-bond donors (Lipinski definition) is 3. The third-order valence-corrected chi connectivity index (χ3v) is 5.78. The van der Waals surface area contributed by atoms with Gasteiger partial charge < -0.3 is 25.2 Å². The van der Waals surface area contributed by atoms with Crippen LogP contribution in [0.5, 0.6) is 0 Å². The van der Waals surface area contributed by atoms with Gasteiger partial charge in [-0.2, -0.15) is 18.3 Å². The molecule has 13 heteroatoms. The lowest BCUT2D eigenvalue weighted by molar-refractivity contribution is -0.192. The average Bonchev–Trinajstić information content (AvgIpc) is 3.26. The lowest BCUT2D eigenvalue weighted by Crippen LogP contribution is -2.44. The maximum Gasteiger partial charge on any atom is 0.490 e. The summed E-state index contributed by atoms with van der Waals surface area (Å²) >= 11 is 0. The number of hydrogen-bond acceptors (Lipinski definition) is 6. The molecule has 0 spiro atoms. The number of aromatic amines is 1. The summed E-state index contributed by atoms with van der Waals surface area (Å²) in [5, 5.41) is 15.2. The SMILES string of the molecule is CC(C)n1ncc2cc(/C=C/C(=O)Nc3ccccc3N3CCN(C)CC3)c(=O)[nH]c21.O=C(O)C(F)(F)F. The van der Waals surface area contributed by atoms with Gasteiger partial charge in [0.15, 0.2) is 0 Å². The number of halogens is 3. The highest BCUT2D eigenvalue weighted by Gasteiger charge is 2.38. The Balaban J connectivity index is 0.000000505. The normalized spacial score (nSPS) is 14.6. The Bertz CT molecular complexity index is 1370. The summed E-state index contributed by atoms with van der Waals surface area (Å²) in [5.41, 5.74) is 2.62. The maximum atomic E-state index is 12.6. The molecule has 0 aliphatic carbocycles. The lowest BCUT2D eigenvalue weighted by atomic mass is 10.2. The van der Waals surface area contributed by atoms with E-state index in [4.69, 9.17) is 9.90 Å². The Morgan fingerprint density at radius 2 is 1.79 bits per heavy atom. The number of nitrogens with zero attached hydrogens (tertiary/aromatic N) is 4. The molecule has 0 unspecified atom stereocenters. The number of anilines is 2. The van der Waals surface area contributed by atoms with E-state index in [2.05, 4.69) is 32.2 Å². The number of aromatic nitrogens is 3. The first-order valence-electron chi connectivity index (χ1n) is 11.8. The van der Waals surface area contributed by atoms with E-state index in [-0.39, 0.29) is 17.5 Å². The molecule has 1 fully saturated rings. The van der Waals surface area contributed by atoms with Crippen LogP contribution in [-0.4, -0.2) is 76.1 Å². The number of alkyl halides is 3. The summed E-state index contributed by atoms with van der Waals surface area (Å²) in [6, 6.07) is 9.70. The van der Waals surface area contributed by atoms with Crippen LogP contribution in [0.25, 0.3) is 17.1 Å². The molecular weight excluding hydrogens is 505 g/mol. The van der Waals surface area contributed by atoms with E-state index in [0.717, 1.165) is 42.9 Å². The minimum Gasteiger partial charge on any atom is -0.475 e. The van der Waals surface area contributed by atoms with Gasteiger partial charge in [-0.1, -0.05) is 12.1 Å². The van der Waals surface area contributed by atoms with Crippen molar-refractivity contribution < 1.29 is 27.9 Å². The molecule has 0 bridgehead atoms. The van der Waals surface area contributed by atoms with Crippen LogP contribution in [0.4, 0.5) is 24.5 Å². The van der Waals surface area contributed by atoms with Gasteiger partial charge in [-0.3, -0.25) is 9.59 Å². The van der Waals surface area contributed by atoms with Crippen LogP contribution in [0.3, 0.4) is 0 Å². The molecule has 204 valence electrons. The number of pyridine rings is 1. The number of fused-ring (bicyclic) bond motifs is 1. The number of nitrogens with one attached hydrogen (secondary N) is 2. The van der Waals surface area contributed by atoms with E-state index in [0.29, 0.717) is 11.2 Å². The van der Waals surface area contributed by atoms with Crippen molar-refractivity contribution in [2.45, 2.75) is 26.1 Å². The van der Waals surface area contributed by atoms with Crippen molar-refractivity contribution in [3.8, 4) is 0 Å². The zero-order chi connectivity index (χ0) is 28.0. The van der Waals surface area contributed by atoms with Crippen molar-refractivity contribution in [1.29, 1.82) is 0 Å². The van der Waals surface area contributed by atoms with Crippen molar-refractivity contribution in [3.63, 3.8) is 0 Å². The fraction of sp³-hybridized carbons (Fsp3) is 0.360. The topological polar surface area (TPSA) is 124 Å². The molecule has 1 aliphatic rings. The molecule has 3 aromatic rings. The number of amides is 1.